The first kappa shape index (κ1) is 31.1. The molecule has 1 aromatic carbocycles. The number of hydrogen-bond acceptors (Lipinski definition) is 7. The Kier molecular flexibility index (Phi) is 12.3. The van der Waals surface area contributed by atoms with Crippen molar-refractivity contribution in [2.45, 2.75) is 82.1 Å². The number of allylic oxidation sites excluding steroid dienone is 1. The number of amides is 2. The molecular formula is C29H39IN2O7. The van der Waals surface area contributed by atoms with Crippen LogP contribution in [-0.2, 0) is 9.59 Å². The molecule has 0 radical (unpaired) electrons. The van der Waals surface area contributed by atoms with Crippen LogP contribution < -0.4 is 14.8 Å². The van der Waals surface area contributed by atoms with E-state index in [1.165, 1.54) is 7.11 Å². The topological polar surface area (TPSA) is 125 Å². The number of halogens is 1. The first-order valence-electron chi connectivity index (χ1n) is 13.5. The van der Waals surface area contributed by atoms with Crippen molar-refractivity contribution >= 4 is 40.7 Å². The van der Waals surface area contributed by atoms with E-state index in [1.54, 1.807) is 29.2 Å². The minimum Gasteiger partial charge on any atom is -0.493 e. The minimum absolute atomic E-state index is 0.0495. The number of aldehydes is 1. The van der Waals surface area contributed by atoms with Crippen LogP contribution in [0.5, 0.6) is 11.5 Å². The number of carbonyl (C=O) groups excluding carboxylic acids is 3. The maximum absolute atomic E-state index is 13.6. The standard InChI is InChI=1S/C29H39IN2O7/c1-3-4-11-26(35)32(21-9-7-5-6-8-10-21)23-16-20(29(37)31-12-13-33)17-24(27(23)36)39-28-22(30)14-19(18-34)15-25(28)38-2/h3,14-15,17-18,21,23-24,27,33,36H,1,4-13,16H2,2H3,(H,31,37). The van der Waals surface area contributed by atoms with Gasteiger partial charge in [-0.2, -0.15) is 0 Å². The highest BCUT2D eigenvalue weighted by molar-refractivity contribution is 14.1. The van der Waals surface area contributed by atoms with Crippen molar-refractivity contribution in [2.75, 3.05) is 20.3 Å². The van der Waals surface area contributed by atoms with Gasteiger partial charge in [-0.25, -0.2) is 0 Å². The number of nitrogens with one attached hydrogen (secondary N) is 1. The summed E-state index contributed by atoms with van der Waals surface area (Å²) in [6, 6.07) is 2.46. The lowest BCUT2D eigenvalue weighted by Crippen LogP contribution is -2.58. The first-order chi connectivity index (χ1) is 18.8. The average Bonchev–Trinajstić information content (AvgIpc) is 3.22. The van der Waals surface area contributed by atoms with Crippen LogP contribution in [0.1, 0.15) is 68.1 Å². The fraction of sp³-hybridized carbons (Fsp3) is 0.552. The van der Waals surface area contributed by atoms with Gasteiger partial charge in [-0.3, -0.25) is 14.4 Å². The summed E-state index contributed by atoms with van der Waals surface area (Å²) in [5.41, 5.74) is 0.787. The zero-order valence-corrected chi connectivity index (χ0v) is 24.6. The van der Waals surface area contributed by atoms with E-state index in [0.717, 1.165) is 38.5 Å². The van der Waals surface area contributed by atoms with Crippen molar-refractivity contribution in [1.82, 2.24) is 10.2 Å². The zero-order chi connectivity index (χ0) is 28.4. The third-order valence-corrected chi connectivity index (χ3v) is 8.08. The van der Waals surface area contributed by atoms with E-state index in [1.807, 2.05) is 22.6 Å². The quantitative estimate of drug-likeness (QED) is 0.136. The Morgan fingerprint density at radius 2 is 1.95 bits per heavy atom. The third-order valence-electron chi connectivity index (χ3n) is 7.28. The number of ether oxygens (including phenoxy) is 2. The van der Waals surface area contributed by atoms with Crippen LogP contribution in [0.3, 0.4) is 0 Å². The van der Waals surface area contributed by atoms with Gasteiger partial charge in [0.2, 0.25) is 11.8 Å². The molecule has 214 valence electrons. The highest BCUT2D eigenvalue weighted by Crippen LogP contribution is 2.38. The molecule has 0 bridgehead atoms. The molecule has 3 N–H and O–H groups in total. The number of nitrogens with zero attached hydrogens (tertiary/aromatic N) is 1. The van der Waals surface area contributed by atoms with Crippen LogP contribution >= 0.6 is 22.6 Å². The molecule has 0 spiro atoms. The van der Waals surface area contributed by atoms with E-state index < -0.39 is 18.2 Å². The van der Waals surface area contributed by atoms with Gasteiger partial charge < -0.3 is 29.9 Å². The van der Waals surface area contributed by atoms with Crippen LogP contribution in [0.15, 0.2) is 36.4 Å². The van der Waals surface area contributed by atoms with Gasteiger partial charge >= 0.3 is 0 Å². The predicted octanol–water partition coefficient (Wildman–Crippen LogP) is 3.55. The Balaban J connectivity index is 2.03. The molecule has 1 fully saturated rings. The molecule has 0 aliphatic heterocycles. The van der Waals surface area contributed by atoms with Crippen molar-refractivity contribution in [1.29, 1.82) is 0 Å². The maximum atomic E-state index is 13.6. The molecule has 0 heterocycles. The Morgan fingerprint density at radius 1 is 1.23 bits per heavy atom. The Morgan fingerprint density at radius 3 is 2.56 bits per heavy atom. The number of rotatable bonds is 12. The fourth-order valence-electron chi connectivity index (χ4n) is 5.36. The number of aliphatic hydroxyl groups is 2. The largest absolute Gasteiger partial charge is 0.493 e. The Bertz CT molecular complexity index is 1050. The Hall–Kier alpha value is -2.44. The van der Waals surface area contributed by atoms with Gasteiger partial charge in [0.15, 0.2) is 11.5 Å². The second-order valence-electron chi connectivity index (χ2n) is 9.94. The first-order valence-corrected chi connectivity index (χ1v) is 14.6. The number of carbonyl (C=O) groups is 3. The lowest BCUT2D eigenvalue weighted by atomic mass is 9.86. The van der Waals surface area contributed by atoms with Gasteiger partial charge in [0, 0.05) is 36.6 Å². The van der Waals surface area contributed by atoms with Gasteiger partial charge in [0.1, 0.15) is 18.5 Å². The van der Waals surface area contributed by atoms with E-state index in [9.17, 15) is 24.6 Å². The second kappa shape index (κ2) is 15.4. The van der Waals surface area contributed by atoms with Crippen LogP contribution in [-0.4, -0.2) is 77.8 Å². The Labute approximate surface area is 243 Å². The summed E-state index contributed by atoms with van der Waals surface area (Å²) in [5, 5.41) is 23.6. The lowest BCUT2D eigenvalue weighted by Gasteiger charge is -2.44. The molecule has 2 aliphatic carbocycles. The molecule has 3 atom stereocenters. The molecule has 39 heavy (non-hydrogen) atoms. The van der Waals surface area contributed by atoms with E-state index >= 15 is 0 Å². The van der Waals surface area contributed by atoms with E-state index in [0.29, 0.717) is 38.9 Å². The normalized spacial score (nSPS) is 21.7. The van der Waals surface area contributed by atoms with Gasteiger partial charge in [-0.15, -0.1) is 6.58 Å². The molecule has 0 saturated heterocycles. The maximum Gasteiger partial charge on any atom is 0.247 e. The smallest absolute Gasteiger partial charge is 0.247 e. The SMILES string of the molecule is C=CCCC(=O)N(C1CCCCCC1)C1CC(C(=O)NCCO)=CC(Oc2c(I)cc(C=O)cc2OC)C1O. The van der Waals surface area contributed by atoms with Gasteiger partial charge in [-0.1, -0.05) is 31.8 Å². The molecule has 1 saturated carbocycles. The predicted molar refractivity (Wildman–Crippen MR) is 156 cm³/mol. The fourth-order valence-corrected chi connectivity index (χ4v) is 6.11. The number of methoxy groups -OCH3 is 1. The zero-order valence-electron chi connectivity index (χ0n) is 22.4. The monoisotopic (exact) mass is 654 g/mol. The lowest BCUT2D eigenvalue weighted by molar-refractivity contribution is -0.142. The van der Waals surface area contributed by atoms with Crippen LogP contribution in [0.4, 0.5) is 0 Å². The molecule has 9 nitrogen and oxygen atoms in total. The summed E-state index contributed by atoms with van der Waals surface area (Å²) in [6.07, 6.45) is 8.72. The molecule has 2 aliphatic rings. The van der Waals surface area contributed by atoms with Crippen molar-refractivity contribution in [2.24, 2.45) is 0 Å². The van der Waals surface area contributed by atoms with Crippen molar-refractivity contribution in [3.05, 3.63) is 45.6 Å². The molecule has 2 amide bonds. The number of hydrogen-bond donors (Lipinski definition) is 3. The number of aliphatic hydroxyl groups excluding tert-OH is 2. The minimum atomic E-state index is -1.12. The van der Waals surface area contributed by atoms with Crippen molar-refractivity contribution in [3.8, 4) is 11.5 Å². The summed E-state index contributed by atoms with van der Waals surface area (Å²) in [4.78, 5) is 39.8. The summed E-state index contributed by atoms with van der Waals surface area (Å²) in [7, 11) is 1.46. The van der Waals surface area contributed by atoms with Crippen molar-refractivity contribution < 1.29 is 34.1 Å². The summed E-state index contributed by atoms with van der Waals surface area (Å²) in [6.45, 7) is 3.62. The average molecular weight is 655 g/mol. The van der Waals surface area contributed by atoms with Gasteiger partial charge in [0.25, 0.3) is 0 Å². The highest BCUT2D eigenvalue weighted by atomic mass is 127. The second-order valence-corrected chi connectivity index (χ2v) is 11.1. The van der Waals surface area contributed by atoms with Gasteiger partial charge in [0.05, 0.1) is 23.3 Å². The molecular weight excluding hydrogens is 615 g/mol. The van der Waals surface area contributed by atoms with E-state index in [-0.39, 0.29) is 43.8 Å². The molecule has 3 unspecified atom stereocenters. The summed E-state index contributed by atoms with van der Waals surface area (Å²) < 4.78 is 12.4. The van der Waals surface area contributed by atoms with E-state index in [2.05, 4.69) is 11.9 Å². The summed E-state index contributed by atoms with van der Waals surface area (Å²) in [5.74, 6) is 0.190. The number of benzene rings is 1. The van der Waals surface area contributed by atoms with Crippen LogP contribution in [0, 0.1) is 3.57 Å². The van der Waals surface area contributed by atoms with Crippen LogP contribution in [0.2, 0.25) is 0 Å². The summed E-state index contributed by atoms with van der Waals surface area (Å²) >= 11 is 2.04. The molecule has 1 aromatic rings. The van der Waals surface area contributed by atoms with Crippen LogP contribution in [0.25, 0.3) is 0 Å². The highest BCUT2D eigenvalue weighted by Gasteiger charge is 2.43. The van der Waals surface area contributed by atoms with E-state index in [4.69, 9.17) is 9.47 Å². The molecule has 3 rings (SSSR count). The molecule has 10 heteroatoms. The van der Waals surface area contributed by atoms with Gasteiger partial charge in [-0.05, 0) is 60.1 Å². The molecule has 0 aromatic heterocycles. The van der Waals surface area contributed by atoms with Crippen molar-refractivity contribution in [3.63, 3.8) is 0 Å². The third kappa shape index (κ3) is 8.04.